The van der Waals surface area contributed by atoms with Crippen LogP contribution in [0.3, 0.4) is 0 Å². The summed E-state index contributed by atoms with van der Waals surface area (Å²) in [4.78, 5) is 0. The Morgan fingerprint density at radius 2 is 1.92 bits per heavy atom. The van der Waals surface area contributed by atoms with E-state index in [9.17, 15) is 19.1 Å². The Hall–Kier alpha value is -1.83. The van der Waals surface area contributed by atoms with Crippen molar-refractivity contribution in [2.24, 2.45) is 0 Å². The van der Waals surface area contributed by atoms with Gasteiger partial charge in [0.05, 0.1) is 17.3 Å². The van der Waals surface area contributed by atoms with Crippen molar-refractivity contribution in [2.75, 3.05) is 7.11 Å². The highest BCUT2D eigenvalue weighted by Gasteiger charge is 2.19. The Morgan fingerprint density at radius 3 is 2.46 bits per heavy atom. The predicted molar refractivity (Wildman–Crippen MR) is 83.7 cm³/mol. The number of aromatic nitrogens is 1. The molecule has 0 aliphatic heterocycles. The van der Waals surface area contributed by atoms with Gasteiger partial charge < -0.3 is 19.8 Å². The topological polar surface area (TPSA) is 65.6 Å². The van der Waals surface area contributed by atoms with Crippen LogP contribution >= 0.6 is 23.2 Å². The molecule has 5 nitrogen and oxygen atoms in total. The number of benzene rings is 1. The summed E-state index contributed by atoms with van der Waals surface area (Å²) in [6, 6.07) is -2.06. The summed E-state index contributed by atoms with van der Waals surface area (Å²) in [6.07, 6.45) is 0.165. The fourth-order valence-corrected chi connectivity index (χ4v) is 2.49. The van der Waals surface area contributed by atoms with Gasteiger partial charge in [0.15, 0.2) is 23.9 Å². The summed E-state index contributed by atoms with van der Waals surface area (Å²) < 4.78 is 58.4. The molecule has 1 N–H and O–H groups in total. The first-order chi connectivity index (χ1) is 12.6. The maximum Gasteiger partial charge on any atom is 0.387 e. The summed E-state index contributed by atoms with van der Waals surface area (Å²) in [5.74, 6) is -1.30. The first-order valence-corrected chi connectivity index (χ1v) is 7.21. The number of halogens is 4. The third-order valence-electron chi connectivity index (χ3n) is 2.96. The molecular weight excluding hydrogens is 367 g/mol. The minimum atomic E-state index is -3.29. The smallest absolute Gasteiger partial charge is 0.387 e. The summed E-state index contributed by atoms with van der Waals surface area (Å²) in [7, 11) is 1.07. The number of alkyl halides is 2. The summed E-state index contributed by atoms with van der Waals surface area (Å²) >= 11 is 11.9. The van der Waals surface area contributed by atoms with E-state index in [1.165, 1.54) is 0 Å². The zero-order valence-electron chi connectivity index (χ0n) is 15.1. The van der Waals surface area contributed by atoms with Gasteiger partial charge in [-0.25, -0.2) is 0 Å². The number of aliphatic hydroxyl groups excluding tert-OH is 1. The lowest BCUT2D eigenvalue weighted by Crippen LogP contribution is -2.25. The van der Waals surface area contributed by atoms with Gasteiger partial charge in [-0.15, -0.1) is 0 Å². The van der Waals surface area contributed by atoms with Gasteiger partial charge in [0.25, 0.3) is 0 Å². The molecule has 0 saturated heterocycles. The van der Waals surface area contributed by atoms with E-state index in [-0.39, 0.29) is 27.6 Å². The number of pyridine rings is 1. The molecule has 2 rings (SSSR count). The van der Waals surface area contributed by atoms with Gasteiger partial charge in [0, 0.05) is 12.0 Å². The fourth-order valence-electron chi connectivity index (χ4n) is 1.89. The molecule has 130 valence electrons. The number of ether oxygens (including phenoxy) is 2. The Kier molecular flexibility index (Phi) is 4.73. The molecule has 0 saturated carbocycles. The average Bonchev–Trinajstić information content (AvgIpc) is 2.55. The van der Waals surface area contributed by atoms with Crippen LogP contribution in [0.4, 0.5) is 8.78 Å². The number of aliphatic hydroxyl groups is 1. The molecule has 0 fully saturated rings. The number of rotatable bonds is 6. The van der Waals surface area contributed by atoms with E-state index in [1.54, 1.807) is 0 Å². The molecule has 0 amide bonds. The molecule has 24 heavy (non-hydrogen) atoms. The average molecular weight is 383 g/mol. The van der Waals surface area contributed by atoms with E-state index in [0.717, 1.165) is 19.5 Å². The molecule has 0 radical (unpaired) electrons. The Balaban J connectivity index is 2.54. The highest BCUT2D eigenvalue weighted by Crippen LogP contribution is 2.34. The Bertz CT molecular complexity index is 851. The maximum atomic E-state index is 12.6. The monoisotopic (exact) mass is 382 g/mol. The van der Waals surface area contributed by atoms with Gasteiger partial charge in [-0.3, -0.25) is 0 Å². The van der Waals surface area contributed by atoms with Crippen LogP contribution in [0.1, 0.15) is 21.3 Å². The molecule has 1 aromatic heterocycles. The number of hydrogen-bond donors (Lipinski definition) is 1. The van der Waals surface area contributed by atoms with Crippen LogP contribution in [0, 0.1) is 5.21 Å². The summed E-state index contributed by atoms with van der Waals surface area (Å²) in [5.41, 5.74) is -0.181. The van der Waals surface area contributed by atoms with Crippen molar-refractivity contribution in [3.05, 3.63) is 56.9 Å². The Morgan fingerprint density at radius 1 is 1.29 bits per heavy atom. The molecule has 0 aliphatic rings. The molecule has 0 aliphatic carbocycles. The predicted octanol–water partition coefficient (Wildman–Crippen LogP) is 3.51. The van der Waals surface area contributed by atoms with Crippen LogP contribution < -0.4 is 14.2 Å². The van der Waals surface area contributed by atoms with Crippen molar-refractivity contribution in [3.63, 3.8) is 0 Å². The molecule has 1 unspecified atom stereocenters. The van der Waals surface area contributed by atoms with Gasteiger partial charge in [0.2, 0.25) is 0 Å². The molecular formula is C15H13Cl2F2NO4. The number of nitrogens with zero attached hydrogens (tertiary/aromatic N) is 1. The molecule has 9 heteroatoms. The highest BCUT2D eigenvalue weighted by atomic mass is 35.5. The Labute approximate surface area is 150 Å². The first kappa shape index (κ1) is 14.5. The van der Waals surface area contributed by atoms with E-state index in [2.05, 4.69) is 4.74 Å². The maximum absolute atomic E-state index is 12.6. The zero-order valence-corrected chi connectivity index (χ0v) is 13.7. The van der Waals surface area contributed by atoms with Crippen molar-refractivity contribution in [3.8, 4) is 11.5 Å². The lowest BCUT2D eigenvalue weighted by atomic mass is 10.0. The van der Waals surface area contributed by atoms with E-state index in [4.69, 9.17) is 32.1 Å². The third-order valence-corrected chi connectivity index (χ3v) is 3.62. The second-order valence-electron chi connectivity index (χ2n) is 4.54. The van der Waals surface area contributed by atoms with Gasteiger partial charge >= 0.3 is 6.61 Å². The minimum absolute atomic E-state index is 0.0506. The van der Waals surface area contributed by atoms with Crippen molar-refractivity contribution in [1.29, 1.82) is 0 Å². The lowest BCUT2D eigenvalue weighted by molar-refractivity contribution is -0.605. The molecule has 2 aromatic rings. The molecule has 0 spiro atoms. The third kappa shape index (κ3) is 4.37. The molecule has 1 heterocycles. The molecule has 1 atom stereocenters. The van der Waals surface area contributed by atoms with Gasteiger partial charge in [-0.1, -0.05) is 29.2 Å². The minimum Gasteiger partial charge on any atom is -0.619 e. The number of methoxy groups -OCH3 is 1. The SMILES string of the molecule is [2H]c1c([2H])c(C(O)Cc2c(Cl)c[n+]([O-])cc2Cl)c([2H])c(OC)c1OC(F)F. The lowest BCUT2D eigenvalue weighted by Gasteiger charge is -2.16. The quantitative estimate of drug-likeness (QED) is 0.613. The fraction of sp³-hybridized carbons (Fsp3) is 0.267. The normalized spacial score (nSPS) is 14.0. The van der Waals surface area contributed by atoms with Crippen molar-refractivity contribution < 1.29 is 32.2 Å². The van der Waals surface area contributed by atoms with Crippen LogP contribution in [-0.4, -0.2) is 18.8 Å². The summed E-state index contributed by atoms with van der Waals surface area (Å²) in [6.45, 7) is -3.29. The van der Waals surface area contributed by atoms with Crippen molar-refractivity contribution >= 4 is 23.2 Å². The van der Waals surface area contributed by atoms with Crippen molar-refractivity contribution in [1.82, 2.24) is 0 Å². The van der Waals surface area contributed by atoms with Gasteiger partial charge in [0.1, 0.15) is 10.0 Å². The van der Waals surface area contributed by atoms with Crippen LogP contribution in [0.5, 0.6) is 11.5 Å². The first-order valence-electron chi connectivity index (χ1n) is 7.95. The van der Waals surface area contributed by atoms with Crippen LogP contribution in [0.15, 0.2) is 30.5 Å². The van der Waals surface area contributed by atoms with E-state index < -0.39 is 42.3 Å². The second kappa shape index (κ2) is 7.83. The molecule has 1 aromatic carbocycles. The summed E-state index contributed by atoms with van der Waals surface area (Å²) in [5, 5.41) is 21.7. The number of hydrogen-bond acceptors (Lipinski definition) is 4. The van der Waals surface area contributed by atoms with Crippen LogP contribution in [0.25, 0.3) is 0 Å². The van der Waals surface area contributed by atoms with Gasteiger partial charge in [-0.2, -0.15) is 13.5 Å². The standard InChI is InChI=1S/C15H13Cl2F2NO4/c1-23-14-4-8(2-3-13(14)24-15(18)19)12(21)5-9-10(16)6-20(22)7-11(9)17/h2-4,6-7,12,15,21H,5H2,1H3/i2D,3D,4D. The van der Waals surface area contributed by atoms with Crippen LogP contribution in [-0.2, 0) is 6.42 Å². The highest BCUT2D eigenvalue weighted by molar-refractivity contribution is 6.35. The van der Waals surface area contributed by atoms with Gasteiger partial charge in [-0.05, 0) is 17.6 Å². The van der Waals surface area contributed by atoms with Crippen molar-refractivity contribution in [2.45, 2.75) is 19.1 Å². The largest absolute Gasteiger partial charge is 0.619 e. The van der Waals surface area contributed by atoms with Crippen LogP contribution in [0.2, 0.25) is 10.0 Å². The van der Waals surface area contributed by atoms with E-state index in [0.29, 0.717) is 4.73 Å². The van der Waals surface area contributed by atoms with E-state index in [1.807, 2.05) is 0 Å². The molecule has 0 bridgehead atoms. The second-order valence-corrected chi connectivity index (χ2v) is 5.36. The van der Waals surface area contributed by atoms with E-state index >= 15 is 0 Å². The zero-order chi connectivity index (χ0) is 20.5.